The maximum atomic E-state index is 14.2. The summed E-state index contributed by atoms with van der Waals surface area (Å²) in [7, 11) is 0. The van der Waals surface area contributed by atoms with E-state index in [9.17, 15) is 48.3 Å². The van der Waals surface area contributed by atoms with E-state index in [4.69, 9.17) is 32.7 Å². The zero-order chi connectivity index (χ0) is 62.1. The molecule has 0 aliphatic carbocycles. The first kappa shape index (κ1) is 65.3. The molecule has 5 aromatic rings. The Kier molecular flexibility index (Phi) is 21.6. The summed E-state index contributed by atoms with van der Waals surface area (Å²) < 4.78 is 11.3. The second-order valence-electron chi connectivity index (χ2n) is 22.4. The molecule has 7 rings (SSSR count). The first-order valence-electron chi connectivity index (χ1n) is 27.5. The van der Waals surface area contributed by atoms with Crippen molar-refractivity contribution in [2.45, 2.75) is 133 Å². The van der Waals surface area contributed by atoms with E-state index >= 15 is 0 Å². The smallest absolute Gasteiger partial charge is 0.330 e. The maximum absolute atomic E-state index is 14.2. The number of hydrogen-bond donors (Lipinski definition) is 4. The monoisotopic (exact) mass is 1190 g/mol. The van der Waals surface area contributed by atoms with Gasteiger partial charge in [0.25, 0.3) is 29.5 Å². The van der Waals surface area contributed by atoms with Gasteiger partial charge >= 0.3 is 12.1 Å². The molecule has 2 aliphatic rings. The van der Waals surface area contributed by atoms with Gasteiger partial charge in [-0.25, -0.2) is 19.4 Å². The highest BCUT2D eigenvalue weighted by atomic mass is 35.5. The number of ketones is 2. The molecule has 0 spiro atoms. The van der Waals surface area contributed by atoms with Gasteiger partial charge < -0.3 is 30.5 Å². The summed E-state index contributed by atoms with van der Waals surface area (Å²) in [6.07, 6.45) is -3.73. The fourth-order valence-electron chi connectivity index (χ4n) is 9.32. The number of aryl methyl sites for hydroxylation is 3. The number of ether oxygens (including phenoxy) is 2. The number of halogens is 2. The molecule has 0 radical (unpaired) electrons. The lowest BCUT2D eigenvalue weighted by Gasteiger charge is -2.29. The van der Waals surface area contributed by atoms with Crippen molar-refractivity contribution in [2.75, 3.05) is 29.2 Å². The van der Waals surface area contributed by atoms with Crippen LogP contribution in [0.15, 0.2) is 109 Å². The van der Waals surface area contributed by atoms with E-state index in [0.29, 0.717) is 10.5 Å². The number of benzene rings is 5. The molecule has 21 heteroatoms. The number of imide groups is 2. The molecule has 0 aromatic heterocycles. The first-order chi connectivity index (χ1) is 39.5. The third-order valence-corrected chi connectivity index (χ3v) is 14.4. The van der Waals surface area contributed by atoms with Gasteiger partial charge in [0.2, 0.25) is 12.5 Å². The van der Waals surface area contributed by atoms with Crippen LogP contribution in [0, 0.1) is 31.6 Å². The summed E-state index contributed by atoms with van der Waals surface area (Å²) in [4.78, 5) is 126. The summed E-state index contributed by atoms with van der Waals surface area (Å²) in [5.41, 5.74) is 3.88. The molecule has 446 valence electrons. The predicted molar refractivity (Wildman–Crippen MR) is 321 cm³/mol. The Hall–Kier alpha value is -7.81. The molecule has 2 fully saturated rings. The molecule has 19 nitrogen and oxygen atoms in total. The number of Topliss-reactive ketones (excluding diaryl/α,β-unsaturated/α-hetero) is 2. The fourth-order valence-corrected chi connectivity index (χ4v) is 9.70. The number of urea groups is 2. The van der Waals surface area contributed by atoms with E-state index in [2.05, 4.69) is 16.0 Å². The SMILES string of the molecule is CCOC1C(=O)N(C(C(=O)Nc2cc(C)ccc2Cl)C(=O)C(C)(C)C)C(=O)N1Cc1ccccc1.CCOC1C(=O)N(C(C(=O)Nc2cc(NC(=O)C(O)CC)c(-c3ccc(C)cc3C)cc2Cl)C(=O)C(C)(C)C)C(=O)N1Cc1ccccc1. The third kappa shape index (κ3) is 15.1. The fraction of sp³-hybridized carbons (Fsp3) is 0.381. The molecule has 5 unspecified atom stereocenters. The van der Waals surface area contributed by atoms with Crippen LogP contribution in [0.2, 0.25) is 10.0 Å². The summed E-state index contributed by atoms with van der Waals surface area (Å²) in [5.74, 6) is -5.35. The van der Waals surface area contributed by atoms with Gasteiger partial charge in [-0.3, -0.25) is 43.4 Å². The third-order valence-electron chi connectivity index (χ3n) is 13.8. The molecule has 5 aromatic carbocycles. The Bertz CT molecular complexity index is 3310. The molecule has 9 amide bonds. The van der Waals surface area contributed by atoms with Crippen LogP contribution in [0.25, 0.3) is 11.1 Å². The van der Waals surface area contributed by atoms with Crippen LogP contribution in [0.3, 0.4) is 0 Å². The van der Waals surface area contributed by atoms with Crippen LogP contribution in [0.5, 0.6) is 0 Å². The number of rotatable bonds is 20. The molecular formula is C63H73Cl2N7O12. The van der Waals surface area contributed by atoms with Crippen molar-refractivity contribution < 1.29 is 57.7 Å². The largest absolute Gasteiger partial charge is 0.383 e. The highest BCUT2D eigenvalue weighted by Gasteiger charge is 2.56. The second-order valence-corrected chi connectivity index (χ2v) is 23.2. The van der Waals surface area contributed by atoms with Crippen LogP contribution in [-0.4, -0.2) is 122 Å². The molecule has 2 aliphatic heterocycles. The number of anilines is 3. The van der Waals surface area contributed by atoms with Crippen molar-refractivity contribution in [2.24, 2.45) is 10.8 Å². The zero-order valence-electron chi connectivity index (χ0n) is 49.3. The Balaban J connectivity index is 0.000000285. The average molecular weight is 1190 g/mol. The van der Waals surface area contributed by atoms with Gasteiger partial charge in [-0.15, -0.1) is 0 Å². The van der Waals surface area contributed by atoms with Gasteiger partial charge in [-0.05, 0) is 93.1 Å². The van der Waals surface area contributed by atoms with E-state index in [1.807, 2.05) is 75.4 Å². The van der Waals surface area contributed by atoms with Crippen LogP contribution in [-0.2, 0) is 56.1 Å². The highest BCUT2D eigenvalue weighted by Crippen LogP contribution is 2.39. The Morgan fingerprint density at radius 1 is 0.536 bits per heavy atom. The average Bonchev–Trinajstić information content (AvgIpc) is 2.51. The quantitative estimate of drug-likeness (QED) is 0.0420. The Morgan fingerprint density at radius 2 is 0.952 bits per heavy atom. The van der Waals surface area contributed by atoms with E-state index in [-0.39, 0.29) is 59.8 Å². The maximum Gasteiger partial charge on any atom is 0.330 e. The number of carbonyl (C=O) groups excluding carboxylic acids is 9. The van der Waals surface area contributed by atoms with E-state index < -0.39 is 94.6 Å². The summed E-state index contributed by atoms with van der Waals surface area (Å²) in [5, 5.41) is 18.6. The van der Waals surface area contributed by atoms with Gasteiger partial charge in [-0.2, -0.15) is 0 Å². The summed E-state index contributed by atoms with van der Waals surface area (Å²) in [6.45, 7) is 20.7. The minimum Gasteiger partial charge on any atom is -0.383 e. The molecule has 2 heterocycles. The number of nitrogens with one attached hydrogen (secondary N) is 3. The normalized spacial score (nSPS) is 16.5. The lowest BCUT2D eigenvalue weighted by molar-refractivity contribution is -0.149. The van der Waals surface area contributed by atoms with Gasteiger partial charge in [0.15, 0.2) is 23.7 Å². The van der Waals surface area contributed by atoms with Gasteiger partial charge in [0.05, 0.1) is 40.2 Å². The zero-order valence-corrected chi connectivity index (χ0v) is 50.8. The van der Waals surface area contributed by atoms with Crippen LogP contribution < -0.4 is 16.0 Å². The molecule has 84 heavy (non-hydrogen) atoms. The Morgan fingerprint density at radius 3 is 1.37 bits per heavy atom. The van der Waals surface area contributed by atoms with E-state index in [1.54, 1.807) is 111 Å². The lowest BCUT2D eigenvalue weighted by Crippen LogP contribution is -2.55. The van der Waals surface area contributed by atoms with Crippen molar-refractivity contribution in [3.8, 4) is 11.1 Å². The number of nitrogens with zero attached hydrogens (tertiary/aromatic N) is 4. The van der Waals surface area contributed by atoms with Crippen molar-refractivity contribution >= 4 is 93.4 Å². The van der Waals surface area contributed by atoms with Crippen molar-refractivity contribution in [3.05, 3.63) is 147 Å². The molecule has 4 N–H and O–H groups in total. The second kappa shape index (κ2) is 27.7. The Labute approximate surface area is 499 Å². The van der Waals surface area contributed by atoms with Crippen LogP contribution in [0.4, 0.5) is 26.7 Å². The standard InChI is InChI=1S/C37H43ClN4O7.C26H30ClN3O5/c1-8-29(43)32(45)39-27-19-28(26(38)18-25(27)24-16-15-21(3)17-22(24)4)40-33(46)30(31(44)37(5,6)7)42-34(47)35(49-9-2)41(36(42)48)20-23-13-11-10-12-14-23;1-6-35-24-23(33)30(25(34)29(24)15-17-10-8-7-9-11-17)20(21(31)26(3,4)5)22(32)28-19-14-16(2)12-13-18(19)27/h10-19,29-30,35,43H,8-9,20H2,1-7H3,(H,39,45)(H,40,46);7-14,20,24H,6,15H2,1-5H3,(H,28,32). The highest BCUT2D eigenvalue weighted by molar-refractivity contribution is 6.35. The number of aliphatic hydroxyl groups excluding tert-OH is 1. The number of amides is 9. The molecule has 2 saturated heterocycles. The molecule has 0 bridgehead atoms. The predicted octanol–water partition coefficient (Wildman–Crippen LogP) is 10.5. The number of aliphatic hydroxyl groups is 1. The number of hydrogen-bond acceptors (Lipinski definition) is 12. The minimum atomic E-state index is -1.88. The van der Waals surface area contributed by atoms with E-state index in [1.165, 1.54) is 15.9 Å². The van der Waals surface area contributed by atoms with Gasteiger partial charge in [0.1, 0.15) is 6.10 Å². The summed E-state index contributed by atoms with van der Waals surface area (Å²) >= 11 is 13.0. The van der Waals surface area contributed by atoms with Crippen molar-refractivity contribution in [1.82, 2.24) is 19.6 Å². The molecular weight excluding hydrogens is 1120 g/mol. The van der Waals surface area contributed by atoms with Gasteiger partial charge in [-0.1, -0.05) is 162 Å². The minimum absolute atomic E-state index is 0.00299. The van der Waals surface area contributed by atoms with Gasteiger partial charge in [0, 0.05) is 29.6 Å². The lowest BCUT2D eigenvalue weighted by atomic mass is 9.85. The van der Waals surface area contributed by atoms with Crippen LogP contribution >= 0.6 is 23.2 Å². The molecule has 0 saturated carbocycles. The molecule has 5 atom stereocenters. The topological polar surface area (TPSA) is 241 Å². The van der Waals surface area contributed by atoms with Crippen molar-refractivity contribution in [3.63, 3.8) is 0 Å². The first-order valence-corrected chi connectivity index (χ1v) is 28.2. The summed E-state index contributed by atoms with van der Waals surface area (Å²) in [6, 6.07) is 26.6. The van der Waals surface area contributed by atoms with E-state index in [0.717, 1.165) is 38.3 Å². The van der Waals surface area contributed by atoms with Crippen LogP contribution in [0.1, 0.15) is 96.6 Å². The van der Waals surface area contributed by atoms with Crippen molar-refractivity contribution in [1.29, 1.82) is 0 Å². The number of carbonyl (C=O) groups is 9.